The van der Waals surface area contributed by atoms with Gasteiger partial charge in [-0.2, -0.15) is 0 Å². The highest BCUT2D eigenvalue weighted by molar-refractivity contribution is 7.90. The van der Waals surface area contributed by atoms with Crippen LogP contribution in [0.1, 0.15) is 31.8 Å². The number of anilines is 2. The van der Waals surface area contributed by atoms with E-state index in [0.29, 0.717) is 25.0 Å². The maximum Gasteiger partial charge on any atom is 0.259 e. The summed E-state index contributed by atoms with van der Waals surface area (Å²) >= 11 is 0. The van der Waals surface area contributed by atoms with E-state index >= 15 is 0 Å². The lowest BCUT2D eigenvalue weighted by Gasteiger charge is -2.15. The molecule has 0 unspecified atom stereocenters. The standard InChI is InChI=1S/C36H34N4O12S2/c41-29-25(19-27(31(43)33(29)45)53(49,50)37-17-15-21-7-3-1-4-8-21)35(47)39-23-11-13-24(14-12-23)40-36(48)26-20-28(32(44)34(46)30(26)42)54(51,52)38-18-16-22-9-5-2-6-10-22/h1-14,19-20,37-38,41-46H,15-18H2,(H,39,47)(H,40,48). The van der Waals surface area contributed by atoms with Crippen LogP contribution in [-0.4, -0.2) is 72.4 Å². The summed E-state index contributed by atoms with van der Waals surface area (Å²) in [5, 5.41) is 66.7. The minimum Gasteiger partial charge on any atom is -0.504 e. The number of nitrogens with one attached hydrogen (secondary N) is 4. The summed E-state index contributed by atoms with van der Waals surface area (Å²) in [4.78, 5) is 24.5. The molecule has 282 valence electrons. The number of benzene rings is 5. The number of amides is 2. The number of hydrogen-bond donors (Lipinski definition) is 10. The minimum atomic E-state index is -4.48. The zero-order valence-electron chi connectivity index (χ0n) is 28.0. The summed E-state index contributed by atoms with van der Waals surface area (Å²) in [5.74, 6) is -9.20. The van der Waals surface area contributed by atoms with Crippen molar-refractivity contribution in [1.82, 2.24) is 9.44 Å². The van der Waals surface area contributed by atoms with Crippen LogP contribution in [0.5, 0.6) is 34.5 Å². The molecule has 0 heterocycles. The average molecular weight is 779 g/mol. The third-order valence-corrected chi connectivity index (χ3v) is 10.9. The molecule has 5 rings (SSSR count). The second-order valence-electron chi connectivity index (χ2n) is 11.7. The molecule has 0 atom stereocenters. The van der Waals surface area contributed by atoms with Crippen molar-refractivity contribution < 1.29 is 57.1 Å². The molecule has 0 fully saturated rings. The van der Waals surface area contributed by atoms with Crippen LogP contribution in [-0.2, 0) is 32.9 Å². The first-order chi connectivity index (χ1) is 25.6. The molecular weight excluding hydrogens is 745 g/mol. The number of carbonyl (C=O) groups is 2. The summed E-state index contributed by atoms with van der Waals surface area (Å²) in [7, 11) is -8.96. The molecule has 0 saturated carbocycles. The van der Waals surface area contributed by atoms with Gasteiger partial charge >= 0.3 is 0 Å². The SMILES string of the molecule is O=C(Nc1ccc(NC(=O)c2cc(S(=O)(=O)NCCc3ccccc3)c(O)c(O)c2O)cc1)c1cc(S(=O)(=O)NCCc2ccccc2)c(O)c(O)c1O. The fourth-order valence-electron chi connectivity index (χ4n) is 5.14. The molecule has 0 aliphatic heterocycles. The van der Waals surface area contributed by atoms with E-state index in [-0.39, 0.29) is 24.5 Å². The Morgan fingerprint density at radius 1 is 0.463 bits per heavy atom. The van der Waals surface area contributed by atoms with Gasteiger partial charge in [0.2, 0.25) is 31.5 Å². The largest absolute Gasteiger partial charge is 0.504 e. The Bertz CT molecular complexity index is 2240. The predicted molar refractivity (Wildman–Crippen MR) is 196 cm³/mol. The lowest BCUT2D eigenvalue weighted by molar-refractivity contribution is 0.101. The van der Waals surface area contributed by atoms with Crippen molar-refractivity contribution in [3.05, 3.63) is 119 Å². The van der Waals surface area contributed by atoms with E-state index in [1.165, 1.54) is 24.3 Å². The molecule has 2 amide bonds. The van der Waals surface area contributed by atoms with Gasteiger partial charge in [0.05, 0.1) is 11.1 Å². The van der Waals surface area contributed by atoms with Gasteiger partial charge in [0.25, 0.3) is 11.8 Å². The number of carbonyl (C=O) groups excluding carboxylic acids is 2. The number of phenolic OH excluding ortho intramolecular Hbond substituents is 6. The second-order valence-corrected chi connectivity index (χ2v) is 15.2. The number of phenols is 6. The highest BCUT2D eigenvalue weighted by Crippen LogP contribution is 2.43. The molecule has 5 aromatic rings. The van der Waals surface area contributed by atoms with Crippen LogP contribution in [0.2, 0.25) is 0 Å². The van der Waals surface area contributed by atoms with Gasteiger partial charge in [0.1, 0.15) is 9.79 Å². The topological polar surface area (TPSA) is 272 Å². The van der Waals surface area contributed by atoms with Gasteiger partial charge in [-0.1, -0.05) is 60.7 Å². The van der Waals surface area contributed by atoms with Gasteiger partial charge < -0.3 is 41.3 Å². The maximum atomic E-state index is 13.1. The van der Waals surface area contributed by atoms with Crippen LogP contribution < -0.4 is 20.1 Å². The summed E-state index contributed by atoms with van der Waals surface area (Å²) in [5.41, 5.74) is 0.350. The highest BCUT2D eigenvalue weighted by atomic mass is 32.2. The number of rotatable bonds is 14. The molecule has 16 nitrogen and oxygen atoms in total. The summed E-state index contributed by atoms with van der Waals surface area (Å²) in [6, 6.07) is 24.3. The molecule has 18 heteroatoms. The molecule has 0 spiro atoms. The molecule has 0 bridgehead atoms. The third-order valence-electron chi connectivity index (χ3n) is 7.99. The smallest absolute Gasteiger partial charge is 0.259 e. The predicted octanol–water partition coefficient (Wildman–Crippen LogP) is 3.47. The summed E-state index contributed by atoms with van der Waals surface area (Å²) in [6.07, 6.45) is 0.590. The van der Waals surface area contributed by atoms with Crippen LogP contribution in [0, 0.1) is 0 Å². The lowest BCUT2D eigenvalue weighted by atomic mass is 10.1. The first kappa shape index (κ1) is 38.9. The second kappa shape index (κ2) is 16.1. The third kappa shape index (κ3) is 8.81. The van der Waals surface area contributed by atoms with Gasteiger partial charge in [-0.15, -0.1) is 0 Å². The van der Waals surface area contributed by atoms with Crippen LogP contribution >= 0.6 is 0 Å². The van der Waals surface area contributed by atoms with Crippen LogP contribution in [0.4, 0.5) is 11.4 Å². The Labute approximate surface area is 309 Å². The van der Waals surface area contributed by atoms with Crippen molar-refractivity contribution in [3.63, 3.8) is 0 Å². The van der Waals surface area contributed by atoms with E-state index in [1.807, 2.05) is 0 Å². The Hall–Kier alpha value is -6.34. The van der Waals surface area contributed by atoms with Crippen molar-refractivity contribution in [2.45, 2.75) is 22.6 Å². The lowest BCUT2D eigenvalue weighted by Crippen LogP contribution is -2.26. The maximum absolute atomic E-state index is 13.1. The van der Waals surface area contributed by atoms with Crippen LogP contribution in [0.3, 0.4) is 0 Å². The van der Waals surface area contributed by atoms with Crippen molar-refractivity contribution in [2.24, 2.45) is 0 Å². The molecule has 0 saturated heterocycles. The van der Waals surface area contributed by atoms with Crippen LogP contribution in [0.15, 0.2) is 107 Å². The molecular formula is C36H34N4O12S2. The van der Waals surface area contributed by atoms with Gasteiger partial charge in [-0.3, -0.25) is 9.59 Å². The average Bonchev–Trinajstić information content (AvgIpc) is 3.14. The quantitative estimate of drug-likeness (QED) is 0.0727. The van der Waals surface area contributed by atoms with Crippen molar-refractivity contribution >= 4 is 43.2 Å². The molecule has 10 N–H and O–H groups in total. The highest BCUT2D eigenvalue weighted by Gasteiger charge is 2.30. The van der Waals surface area contributed by atoms with E-state index < -0.39 is 87.3 Å². The van der Waals surface area contributed by atoms with Crippen LogP contribution in [0.25, 0.3) is 0 Å². The first-order valence-electron chi connectivity index (χ1n) is 15.9. The monoisotopic (exact) mass is 778 g/mol. The fourth-order valence-corrected chi connectivity index (χ4v) is 7.44. The van der Waals surface area contributed by atoms with Gasteiger partial charge in [0, 0.05) is 24.5 Å². The van der Waals surface area contributed by atoms with E-state index in [2.05, 4.69) is 20.1 Å². The fraction of sp³-hybridized carbons (Fsp3) is 0.111. The Morgan fingerprint density at radius 2 is 0.796 bits per heavy atom. The van der Waals surface area contributed by atoms with E-state index in [0.717, 1.165) is 11.1 Å². The van der Waals surface area contributed by atoms with E-state index in [4.69, 9.17) is 0 Å². The normalized spacial score (nSPS) is 11.6. The summed E-state index contributed by atoms with van der Waals surface area (Å²) < 4.78 is 56.5. The first-order valence-corrected chi connectivity index (χ1v) is 18.9. The van der Waals surface area contributed by atoms with Crippen molar-refractivity contribution in [2.75, 3.05) is 23.7 Å². The van der Waals surface area contributed by atoms with Gasteiger partial charge in [-0.25, -0.2) is 26.3 Å². The Morgan fingerprint density at radius 3 is 1.13 bits per heavy atom. The number of aromatic hydroxyl groups is 6. The molecule has 5 aromatic carbocycles. The Kier molecular flexibility index (Phi) is 11.6. The molecule has 0 radical (unpaired) electrons. The molecule has 0 aromatic heterocycles. The Balaban J connectivity index is 1.27. The van der Waals surface area contributed by atoms with E-state index in [1.54, 1.807) is 60.7 Å². The van der Waals surface area contributed by atoms with Crippen molar-refractivity contribution in [3.8, 4) is 34.5 Å². The molecule has 0 aliphatic carbocycles. The zero-order valence-corrected chi connectivity index (χ0v) is 29.6. The zero-order chi connectivity index (χ0) is 39.2. The molecule has 0 aliphatic rings. The number of hydrogen-bond acceptors (Lipinski definition) is 12. The molecule has 54 heavy (non-hydrogen) atoms. The van der Waals surface area contributed by atoms with Gasteiger partial charge in [-0.05, 0) is 60.4 Å². The number of sulfonamides is 2. The van der Waals surface area contributed by atoms with Crippen molar-refractivity contribution in [1.29, 1.82) is 0 Å². The van der Waals surface area contributed by atoms with Gasteiger partial charge in [0.15, 0.2) is 23.0 Å². The van der Waals surface area contributed by atoms with E-state index in [9.17, 15) is 57.1 Å². The summed E-state index contributed by atoms with van der Waals surface area (Å²) in [6.45, 7) is -0.171. The minimum absolute atomic E-state index is 0.0513.